The van der Waals surface area contributed by atoms with E-state index in [0.717, 1.165) is 30.6 Å². The molecule has 4 nitrogen and oxygen atoms in total. The largest absolute Gasteiger partial charge is 0.496 e. The van der Waals surface area contributed by atoms with E-state index in [1.807, 2.05) is 18.2 Å². The van der Waals surface area contributed by atoms with Gasteiger partial charge in [0.2, 0.25) is 0 Å². The van der Waals surface area contributed by atoms with E-state index in [4.69, 9.17) is 9.47 Å². The van der Waals surface area contributed by atoms with Gasteiger partial charge in [0, 0.05) is 18.2 Å². The molecular formula is C17H23NO3. The van der Waals surface area contributed by atoms with Crippen LogP contribution in [0.5, 0.6) is 5.75 Å². The van der Waals surface area contributed by atoms with Crippen molar-refractivity contribution in [2.24, 2.45) is 11.3 Å². The topological polar surface area (TPSA) is 47.6 Å². The SMILES string of the molecule is COC(=O)C12CCCCC1C(c1ccccc1OC)NC2. The lowest BCUT2D eigenvalue weighted by Crippen LogP contribution is -2.42. The molecular weight excluding hydrogens is 266 g/mol. The standard InChI is InChI=1S/C17H23NO3/c1-20-14-9-4-3-7-12(14)15-13-8-5-6-10-17(13,11-18-15)16(19)21-2/h3-4,7,9,13,15,18H,5-6,8,10-11H2,1-2H3. The minimum Gasteiger partial charge on any atom is -0.496 e. The minimum absolute atomic E-state index is 0.0582. The first-order chi connectivity index (χ1) is 10.2. The van der Waals surface area contributed by atoms with Gasteiger partial charge in [-0.25, -0.2) is 0 Å². The molecule has 1 N–H and O–H groups in total. The lowest BCUT2D eigenvalue weighted by Gasteiger charge is -2.38. The fourth-order valence-corrected chi connectivity index (χ4v) is 4.18. The summed E-state index contributed by atoms with van der Waals surface area (Å²) < 4.78 is 10.6. The Morgan fingerprint density at radius 3 is 2.86 bits per heavy atom. The number of hydrogen-bond donors (Lipinski definition) is 1. The van der Waals surface area contributed by atoms with Crippen LogP contribution in [0, 0.1) is 11.3 Å². The molecule has 3 atom stereocenters. The first-order valence-corrected chi connectivity index (χ1v) is 7.67. The number of para-hydroxylation sites is 1. The van der Waals surface area contributed by atoms with Crippen molar-refractivity contribution in [3.63, 3.8) is 0 Å². The molecule has 2 aliphatic rings. The molecule has 1 aliphatic carbocycles. The summed E-state index contributed by atoms with van der Waals surface area (Å²) in [4.78, 5) is 12.4. The molecule has 1 saturated carbocycles. The van der Waals surface area contributed by atoms with E-state index in [9.17, 15) is 4.79 Å². The zero-order chi connectivity index (χ0) is 14.9. The maximum atomic E-state index is 12.4. The lowest BCUT2D eigenvalue weighted by molar-refractivity contribution is -0.156. The number of methoxy groups -OCH3 is 2. The second-order valence-electron chi connectivity index (χ2n) is 6.10. The number of hydrogen-bond acceptors (Lipinski definition) is 4. The number of ether oxygens (including phenoxy) is 2. The van der Waals surface area contributed by atoms with Crippen molar-refractivity contribution >= 4 is 5.97 Å². The Hall–Kier alpha value is -1.55. The van der Waals surface area contributed by atoms with Gasteiger partial charge in [0.05, 0.1) is 19.6 Å². The number of benzene rings is 1. The lowest BCUT2D eigenvalue weighted by atomic mass is 9.65. The summed E-state index contributed by atoms with van der Waals surface area (Å²) in [5.41, 5.74) is 0.788. The molecule has 2 fully saturated rings. The van der Waals surface area contributed by atoms with E-state index in [1.165, 1.54) is 13.5 Å². The molecule has 1 saturated heterocycles. The summed E-state index contributed by atoms with van der Waals surface area (Å²) in [6.45, 7) is 0.701. The van der Waals surface area contributed by atoms with Gasteiger partial charge in [0.25, 0.3) is 0 Å². The smallest absolute Gasteiger partial charge is 0.313 e. The van der Waals surface area contributed by atoms with Crippen molar-refractivity contribution in [2.45, 2.75) is 31.7 Å². The molecule has 21 heavy (non-hydrogen) atoms. The number of nitrogens with one attached hydrogen (secondary N) is 1. The number of rotatable bonds is 3. The third kappa shape index (κ3) is 2.22. The number of fused-ring (bicyclic) bond motifs is 1. The van der Waals surface area contributed by atoms with Crippen LogP contribution >= 0.6 is 0 Å². The van der Waals surface area contributed by atoms with Crippen LogP contribution in [-0.2, 0) is 9.53 Å². The Bertz CT molecular complexity index is 531. The van der Waals surface area contributed by atoms with Crippen LogP contribution in [0.4, 0.5) is 0 Å². The summed E-state index contributed by atoms with van der Waals surface area (Å²) >= 11 is 0. The van der Waals surface area contributed by atoms with Gasteiger partial charge in [-0.05, 0) is 24.8 Å². The molecule has 1 aromatic carbocycles. The van der Waals surface area contributed by atoms with Gasteiger partial charge in [0.15, 0.2) is 0 Å². The Balaban J connectivity index is 1.97. The van der Waals surface area contributed by atoms with Crippen molar-refractivity contribution in [1.82, 2.24) is 5.32 Å². The molecule has 0 bridgehead atoms. The average molecular weight is 289 g/mol. The van der Waals surface area contributed by atoms with E-state index in [-0.39, 0.29) is 23.3 Å². The summed E-state index contributed by atoms with van der Waals surface area (Å²) in [6, 6.07) is 8.25. The number of carbonyl (C=O) groups excluding carboxylic acids is 1. The highest BCUT2D eigenvalue weighted by Gasteiger charge is 2.55. The maximum Gasteiger partial charge on any atom is 0.313 e. The van der Waals surface area contributed by atoms with Crippen LogP contribution in [0.15, 0.2) is 24.3 Å². The molecule has 4 heteroatoms. The van der Waals surface area contributed by atoms with Crippen LogP contribution in [0.1, 0.15) is 37.3 Å². The Morgan fingerprint density at radius 2 is 2.10 bits per heavy atom. The van der Waals surface area contributed by atoms with Crippen molar-refractivity contribution < 1.29 is 14.3 Å². The molecule has 1 aliphatic heterocycles. The predicted molar refractivity (Wildman–Crippen MR) is 80.1 cm³/mol. The van der Waals surface area contributed by atoms with Crippen molar-refractivity contribution in [1.29, 1.82) is 0 Å². The Morgan fingerprint density at radius 1 is 1.29 bits per heavy atom. The quantitative estimate of drug-likeness (QED) is 0.869. The molecule has 0 radical (unpaired) electrons. The molecule has 1 heterocycles. The molecule has 1 aromatic rings. The second-order valence-corrected chi connectivity index (χ2v) is 6.10. The third-order valence-corrected chi connectivity index (χ3v) is 5.20. The zero-order valence-corrected chi connectivity index (χ0v) is 12.7. The fraction of sp³-hybridized carbons (Fsp3) is 0.588. The van der Waals surface area contributed by atoms with Gasteiger partial charge < -0.3 is 14.8 Å². The van der Waals surface area contributed by atoms with E-state index < -0.39 is 0 Å². The van der Waals surface area contributed by atoms with Crippen molar-refractivity contribution in [3.05, 3.63) is 29.8 Å². The summed E-state index contributed by atoms with van der Waals surface area (Å²) in [7, 11) is 3.20. The molecule has 0 amide bonds. The monoisotopic (exact) mass is 289 g/mol. The molecule has 3 rings (SSSR count). The predicted octanol–water partition coefficient (Wildman–Crippen LogP) is 2.69. The summed E-state index contributed by atoms with van der Waals surface area (Å²) in [5, 5.41) is 3.56. The second kappa shape index (κ2) is 5.68. The first kappa shape index (κ1) is 14.4. The summed E-state index contributed by atoms with van der Waals surface area (Å²) in [5.74, 6) is 1.12. The first-order valence-electron chi connectivity index (χ1n) is 7.67. The van der Waals surface area contributed by atoms with Gasteiger partial charge in [-0.1, -0.05) is 31.0 Å². The molecule has 0 aromatic heterocycles. The summed E-state index contributed by atoms with van der Waals surface area (Å²) in [6.07, 6.45) is 4.26. The van der Waals surface area contributed by atoms with Gasteiger partial charge in [-0.3, -0.25) is 4.79 Å². The van der Waals surface area contributed by atoms with Gasteiger partial charge in [0.1, 0.15) is 5.75 Å². The Kier molecular flexibility index (Phi) is 3.89. The minimum atomic E-state index is -0.363. The fourth-order valence-electron chi connectivity index (χ4n) is 4.18. The highest BCUT2D eigenvalue weighted by molar-refractivity contribution is 5.78. The average Bonchev–Trinajstić information content (AvgIpc) is 2.94. The maximum absolute atomic E-state index is 12.4. The van der Waals surface area contributed by atoms with Gasteiger partial charge >= 0.3 is 5.97 Å². The molecule has 0 spiro atoms. The van der Waals surface area contributed by atoms with Crippen LogP contribution < -0.4 is 10.1 Å². The highest BCUT2D eigenvalue weighted by atomic mass is 16.5. The van der Waals surface area contributed by atoms with Gasteiger partial charge in [-0.2, -0.15) is 0 Å². The van der Waals surface area contributed by atoms with E-state index >= 15 is 0 Å². The van der Waals surface area contributed by atoms with Crippen LogP contribution in [-0.4, -0.2) is 26.7 Å². The number of esters is 1. The van der Waals surface area contributed by atoms with Crippen molar-refractivity contribution in [2.75, 3.05) is 20.8 Å². The van der Waals surface area contributed by atoms with Crippen LogP contribution in [0.3, 0.4) is 0 Å². The highest BCUT2D eigenvalue weighted by Crippen LogP contribution is 2.53. The van der Waals surface area contributed by atoms with Crippen LogP contribution in [0.2, 0.25) is 0 Å². The van der Waals surface area contributed by atoms with Gasteiger partial charge in [-0.15, -0.1) is 0 Å². The molecule has 114 valence electrons. The van der Waals surface area contributed by atoms with Crippen molar-refractivity contribution in [3.8, 4) is 5.75 Å². The Labute approximate surface area is 125 Å². The number of carbonyl (C=O) groups is 1. The third-order valence-electron chi connectivity index (χ3n) is 5.20. The zero-order valence-electron chi connectivity index (χ0n) is 12.7. The van der Waals surface area contributed by atoms with E-state index in [2.05, 4.69) is 11.4 Å². The van der Waals surface area contributed by atoms with E-state index in [1.54, 1.807) is 7.11 Å². The van der Waals surface area contributed by atoms with E-state index in [0.29, 0.717) is 6.54 Å². The normalized spacial score (nSPS) is 31.5. The van der Waals surface area contributed by atoms with Crippen LogP contribution in [0.25, 0.3) is 0 Å². The molecule has 3 unspecified atom stereocenters.